The van der Waals surface area contributed by atoms with Crippen LogP contribution < -0.4 is 10.2 Å². The molecule has 1 aromatic rings. The second-order valence-electron chi connectivity index (χ2n) is 5.41. The molecule has 0 aromatic heterocycles. The van der Waals surface area contributed by atoms with E-state index in [9.17, 15) is 0 Å². The van der Waals surface area contributed by atoms with Crippen molar-refractivity contribution in [1.29, 1.82) is 0 Å². The molecular weight excluding hydrogens is 270 g/mol. The van der Waals surface area contributed by atoms with Gasteiger partial charge in [0, 0.05) is 36.9 Å². The lowest BCUT2D eigenvalue weighted by molar-refractivity contribution is 0.254. The normalized spacial score (nSPS) is 16.6. The van der Waals surface area contributed by atoms with E-state index in [1.165, 1.54) is 25.1 Å². The van der Waals surface area contributed by atoms with Gasteiger partial charge in [0.1, 0.15) is 0 Å². The molecule has 0 atom stereocenters. The Morgan fingerprint density at radius 1 is 1.05 bits per heavy atom. The zero-order chi connectivity index (χ0) is 14.2. The van der Waals surface area contributed by atoms with Crippen molar-refractivity contribution in [3.8, 4) is 0 Å². The minimum absolute atomic E-state index is 0.812. The van der Waals surface area contributed by atoms with Crippen LogP contribution in [0.2, 0.25) is 5.02 Å². The van der Waals surface area contributed by atoms with Gasteiger partial charge < -0.3 is 10.2 Å². The summed E-state index contributed by atoms with van der Waals surface area (Å²) in [6.45, 7) is 10.3. The van der Waals surface area contributed by atoms with Crippen LogP contribution in [0.5, 0.6) is 0 Å². The van der Waals surface area contributed by atoms with Crippen molar-refractivity contribution in [2.24, 2.45) is 0 Å². The molecule has 0 unspecified atom stereocenters. The summed E-state index contributed by atoms with van der Waals surface area (Å²) in [5.41, 5.74) is 1.29. The lowest BCUT2D eigenvalue weighted by atomic mass is 10.2. The van der Waals surface area contributed by atoms with Crippen LogP contribution in [0.15, 0.2) is 24.3 Å². The van der Waals surface area contributed by atoms with Crippen molar-refractivity contribution in [2.75, 3.05) is 50.7 Å². The minimum atomic E-state index is 0.812. The van der Waals surface area contributed by atoms with E-state index in [4.69, 9.17) is 11.6 Å². The molecule has 20 heavy (non-hydrogen) atoms. The molecule has 2 rings (SSSR count). The van der Waals surface area contributed by atoms with E-state index in [0.717, 1.165) is 44.3 Å². The van der Waals surface area contributed by atoms with Gasteiger partial charge >= 0.3 is 0 Å². The van der Waals surface area contributed by atoms with Crippen molar-refractivity contribution >= 4 is 17.3 Å². The van der Waals surface area contributed by atoms with Gasteiger partial charge in [0.2, 0.25) is 0 Å². The average molecular weight is 296 g/mol. The van der Waals surface area contributed by atoms with Gasteiger partial charge in [0.05, 0.1) is 0 Å². The molecule has 1 aliphatic rings. The molecule has 1 aromatic carbocycles. The molecule has 0 bridgehead atoms. The van der Waals surface area contributed by atoms with E-state index in [-0.39, 0.29) is 0 Å². The number of anilines is 1. The molecule has 1 heterocycles. The highest BCUT2D eigenvalue weighted by Gasteiger charge is 2.16. The van der Waals surface area contributed by atoms with Crippen LogP contribution in [-0.4, -0.2) is 50.7 Å². The van der Waals surface area contributed by atoms with Gasteiger partial charge in [-0.3, -0.25) is 4.90 Å². The van der Waals surface area contributed by atoms with Gasteiger partial charge in [-0.25, -0.2) is 0 Å². The van der Waals surface area contributed by atoms with Crippen LogP contribution in [0.1, 0.15) is 19.8 Å². The first-order valence-electron chi connectivity index (χ1n) is 7.73. The van der Waals surface area contributed by atoms with Crippen LogP contribution in [0, 0.1) is 0 Å². The molecule has 0 saturated carbocycles. The number of hydrogen-bond acceptors (Lipinski definition) is 3. The van der Waals surface area contributed by atoms with E-state index >= 15 is 0 Å². The van der Waals surface area contributed by atoms with Crippen LogP contribution in [0.3, 0.4) is 0 Å². The summed E-state index contributed by atoms with van der Waals surface area (Å²) >= 11 is 5.93. The predicted molar refractivity (Wildman–Crippen MR) is 87.9 cm³/mol. The van der Waals surface area contributed by atoms with Crippen LogP contribution in [0.25, 0.3) is 0 Å². The zero-order valence-electron chi connectivity index (χ0n) is 12.4. The summed E-state index contributed by atoms with van der Waals surface area (Å²) in [5, 5.41) is 4.28. The number of rotatable bonds is 7. The summed E-state index contributed by atoms with van der Waals surface area (Å²) in [6, 6.07) is 8.19. The van der Waals surface area contributed by atoms with Crippen LogP contribution >= 0.6 is 11.6 Å². The Kier molecular flexibility index (Phi) is 6.64. The number of nitrogens with one attached hydrogen (secondary N) is 1. The maximum absolute atomic E-state index is 5.93. The summed E-state index contributed by atoms with van der Waals surface area (Å²) in [6.07, 6.45) is 2.47. The lowest BCUT2D eigenvalue weighted by Gasteiger charge is -2.36. The first-order chi connectivity index (χ1) is 9.79. The zero-order valence-corrected chi connectivity index (χ0v) is 13.2. The third kappa shape index (κ3) is 4.97. The van der Waals surface area contributed by atoms with E-state index in [0.29, 0.717) is 0 Å². The highest BCUT2D eigenvalue weighted by molar-refractivity contribution is 6.30. The predicted octanol–water partition coefficient (Wildman–Crippen LogP) is 2.85. The Labute approximate surface area is 127 Å². The van der Waals surface area contributed by atoms with Crippen molar-refractivity contribution in [3.63, 3.8) is 0 Å². The van der Waals surface area contributed by atoms with E-state index in [1.807, 2.05) is 12.1 Å². The molecule has 1 fully saturated rings. The molecule has 112 valence electrons. The highest BCUT2D eigenvalue weighted by atomic mass is 35.5. The summed E-state index contributed by atoms with van der Waals surface area (Å²) in [7, 11) is 0. The van der Waals surface area contributed by atoms with Gasteiger partial charge in [-0.1, -0.05) is 18.5 Å². The Hall–Kier alpha value is -0.770. The van der Waals surface area contributed by atoms with Gasteiger partial charge in [0.25, 0.3) is 0 Å². The first kappa shape index (κ1) is 15.6. The Morgan fingerprint density at radius 2 is 1.75 bits per heavy atom. The largest absolute Gasteiger partial charge is 0.369 e. The maximum atomic E-state index is 5.93. The van der Waals surface area contributed by atoms with Gasteiger partial charge in [-0.2, -0.15) is 0 Å². The second kappa shape index (κ2) is 8.50. The van der Waals surface area contributed by atoms with Crippen molar-refractivity contribution in [1.82, 2.24) is 10.2 Å². The number of hydrogen-bond donors (Lipinski definition) is 1. The quantitative estimate of drug-likeness (QED) is 0.781. The molecule has 0 aliphatic carbocycles. The molecule has 0 amide bonds. The summed E-state index contributed by atoms with van der Waals surface area (Å²) in [4.78, 5) is 5.02. The fourth-order valence-corrected chi connectivity index (χ4v) is 2.74. The highest BCUT2D eigenvalue weighted by Crippen LogP contribution is 2.19. The smallest absolute Gasteiger partial charge is 0.0407 e. The Bertz CT molecular complexity index is 372. The molecule has 0 spiro atoms. The average Bonchev–Trinajstić information content (AvgIpc) is 2.49. The fourth-order valence-electron chi connectivity index (χ4n) is 2.61. The third-order valence-electron chi connectivity index (χ3n) is 3.82. The lowest BCUT2D eigenvalue weighted by Crippen LogP contribution is -2.47. The molecule has 1 saturated heterocycles. The Morgan fingerprint density at radius 3 is 2.40 bits per heavy atom. The number of benzene rings is 1. The SMILES string of the molecule is CCCNCCCN1CCN(c2ccc(Cl)cc2)CC1. The monoisotopic (exact) mass is 295 g/mol. The van der Waals surface area contributed by atoms with Crippen LogP contribution in [0.4, 0.5) is 5.69 Å². The first-order valence-corrected chi connectivity index (χ1v) is 8.11. The van der Waals surface area contributed by atoms with Crippen molar-refractivity contribution in [2.45, 2.75) is 19.8 Å². The Balaban J connectivity index is 1.66. The number of piperazine rings is 1. The molecule has 1 N–H and O–H groups in total. The van der Waals surface area contributed by atoms with Crippen LogP contribution in [-0.2, 0) is 0 Å². The summed E-state index contributed by atoms with van der Waals surface area (Å²) in [5.74, 6) is 0. The number of nitrogens with zero attached hydrogens (tertiary/aromatic N) is 2. The molecule has 0 radical (unpaired) electrons. The third-order valence-corrected chi connectivity index (χ3v) is 4.07. The van der Waals surface area contributed by atoms with Gasteiger partial charge in [0.15, 0.2) is 0 Å². The van der Waals surface area contributed by atoms with Gasteiger partial charge in [-0.05, 0) is 56.7 Å². The minimum Gasteiger partial charge on any atom is -0.369 e. The fraction of sp³-hybridized carbons (Fsp3) is 0.625. The molecule has 4 heteroatoms. The summed E-state index contributed by atoms with van der Waals surface area (Å²) < 4.78 is 0. The van der Waals surface area contributed by atoms with E-state index < -0.39 is 0 Å². The van der Waals surface area contributed by atoms with E-state index in [1.54, 1.807) is 0 Å². The molecule has 1 aliphatic heterocycles. The van der Waals surface area contributed by atoms with Gasteiger partial charge in [-0.15, -0.1) is 0 Å². The second-order valence-corrected chi connectivity index (χ2v) is 5.85. The maximum Gasteiger partial charge on any atom is 0.0407 e. The van der Waals surface area contributed by atoms with E-state index in [2.05, 4.69) is 34.2 Å². The van der Waals surface area contributed by atoms with Crippen molar-refractivity contribution in [3.05, 3.63) is 29.3 Å². The van der Waals surface area contributed by atoms with Crippen molar-refractivity contribution < 1.29 is 0 Å². The topological polar surface area (TPSA) is 18.5 Å². The molecular formula is C16H26ClN3. The standard InChI is InChI=1S/C16H26ClN3/c1-2-8-18-9-3-10-19-11-13-20(14-12-19)16-6-4-15(17)5-7-16/h4-7,18H,2-3,8-14H2,1H3. The molecule has 3 nitrogen and oxygen atoms in total. The number of halogens is 1.